The predicted octanol–water partition coefficient (Wildman–Crippen LogP) is 6.83. The van der Waals surface area contributed by atoms with Crippen LogP contribution in [0.1, 0.15) is 54.9 Å². The molecule has 7 nitrogen and oxygen atoms in total. The van der Waals surface area contributed by atoms with E-state index in [9.17, 15) is 17.6 Å². The largest absolute Gasteiger partial charge is 0.457 e. The van der Waals surface area contributed by atoms with Crippen LogP contribution in [-0.4, -0.2) is 33.7 Å². The fraction of sp³-hybridized carbons (Fsp3) is 0.300. The molecule has 0 aliphatic heterocycles. The third-order valence-corrected chi connectivity index (χ3v) is 8.33. The zero-order valence-electron chi connectivity index (χ0n) is 22.3. The molecule has 4 aromatic rings. The molecule has 1 amide bonds. The van der Waals surface area contributed by atoms with Crippen LogP contribution < -0.4 is 14.4 Å². The average molecular weight is 551 g/mol. The highest BCUT2D eigenvalue weighted by atomic mass is 32.2. The molecule has 5 rings (SSSR count). The number of rotatable bonds is 9. The number of anilines is 1. The predicted molar refractivity (Wildman–Crippen MR) is 151 cm³/mol. The second kappa shape index (κ2) is 10.4. The minimum absolute atomic E-state index is 0.233. The second-order valence-corrected chi connectivity index (χ2v) is 11.8. The lowest BCUT2D eigenvalue weighted by atomic mass is 10.00. The van der Waals surface area contributed by atoms with Crippen molar-refractivity contribution in [1.82, 2.24) is 5.32 Å². The molecule has 0 spiro atoms. The third-order valence-electron chi connectivity index (χ3n) is 7.06. The molecule has 9 heteroatoms. The Morgan fingerprint density at radius 1 is 1.10 bits per heavy atom. The first-order chi connectivity index (χ1) is 18.6. The molecule has 1 N–H and O–H groups in total. The van der Waals surface area contributed by atoms with Crippen molar-refractivity contribution in [3.63, 3.8) is 0 Å². The smallest absolute Gasteiger partial charge is 0.255 e. The minimum Gasteiger partial charge on any atom is -0.457 e. The number of fused-ring (bicyclic) bond motifs is 1. The summed E-state index contributed by atoms with van der Waals surface area (Å²) in [5.41, 5.74) is 3.00. The first-order valence-corrected chi connectivity index (χ1v) is 14.8. The molecule has 0 bridgehead atoms. The Kier molecular flexibility index (Phi) is 7.11. The monoisotopic (exact) mass is 550 g/mol. The molecule has 3 aromatic carbocycles. The molecule has 1 atom stereocenters. The lowest BCUT2D eigenvalue weighted by Gasteiger charge is -2.30. The van der Waals surface area contributed by atoms with Gasteiger partial charge in [0.25, 0.3) is 5.91 Å². The molecule has 1 fully saturated rings. The topological polar surface area (TPSA) is 88.8 Å². The molecule has 39 heavy (non-hydrogen) atoms. The number of furan rings is 1. The van der Waals surface area contributed by atoms with Crippen LogP contribution in [0.15, 0.2) is 65.1 Å². The summed E-state index contributed by atoms with van der Waals surface area (Å²) in [6.07, 6.45) is 3.80. The van der Waals surface area contributed by atoms with Crippen molar-refractivity contribution in [3.05, 3.63) is 77.6 Å². The van der Waals surface area contributed by atoms with Gasteiger partial charge in [0.05, 0.1) is 17.5 Å². The first-order valence-electron chi connectivity index (χ1n) is 13.0. The highest BCUT2D eigenvalue weighted by Crippen LogP contribution is 2.48. The molecule has 0 radical (unpaired) electrons. The Balaban J connectivity index is 1.62. The molecule has 1 aliphatic carbocycles. The third kappa shape index (κ3) is 5.36. The number of carbonyl (C=O) groups excluding carboxylic acids is 1. The van der Waals surface area contributed by atoms with Crippen molar-refractivity contribution in [2.75, 3.05) is 17.6 Å². The van der Waals surface area contributed by atoms with Crippen LogP contribution in [0.4, 0.5) is 10.1 Å². The maximum atomic E-state index is 13.2. The van der Waals surface area contributed by atoms with Gasteiger partial charge in [-0.25, -0.2) is 12.8 Å². The van der Waals surface area contributed by atoms with Gasteiger partial charge in [-0.1, -0.05) is 6.92 Å². The highest BCUT2D eigenvalue weighted by molar-refractivity contribution is 7.92. The lowest BCUT2D eigenvalue weighted by Crippen LogP contribution is -2.38. The van der Waals surface area contributed by atoms with Crippen molar-refractivity contribution < 1.29 is 26.8 Å². The molecule has 1 aliphatic rings. The van der Waals surface area contributed by atoms with Crippen LogP contribution in [-0.2, 0) is 10.0 Å². The number of hydrogen-bond acceptors (Lipinski definition) is 5. The summed E-state index contributed by atoms with van der Waals surface area (Å²) >= 11 is 0. The number of benzene rings is 3. The van der Waals surface area contributed by atoms with Gasteiger partial charge in [0.2, 0.25) is 10.0 Å². The fourth-order valence-electron chi connectivity index (χ4n) is 4.84. The normalized spacial score (nSPS) is 14.3. The zero-order chi connectivity index (χ0) is 27.9. The van der Waals surface area contributed by atoms with Gasteiger partial charge in [-0.05, 0) is 92.3 Å². The van der Waals surface area contributed by atoms with E-state index in [1.165, 1.54) is 22.7 Å². The SMILES string of the molecule is CCC(C)N(c1cc2oc(-c3ccc(Oc4ccc(F)cc4)cc3)c(C(=O)NC)c2cc1C1CC1)S(C)(=O)=O. The van der Waals surface area contributed by atoms with E-state index in [0.717, 1.165) is 18.4 Å². The standard InChI is InChI=1S/C30H31FN2O5S/c1-5-18(2)33(39(4,35)36)26-17-27-25(16-24(26)19-6-7-19)28(30(34)32-3)29(38-27)20-8-12-22(13-9-20)37-23-14-10-21(31)11-15-23/h8-19H,5-7H2,1-4H3,(H,32,34). The van der Waals surface area contributed by atoms with Crippen LogP contribution in [0, 0.1) is 5.82 Å². The van der Waals surface area contributed by atoms with Gasteiger partial charge in [0.1, 0.15) is 28.7 Å². The minimum atomic E-state index is -3.56. The van der Waals surface area contributed by atoms with E-state index in [4.69, 9.17) is 9.15 Å². The summed E-state index contributed by atoms with van der Waals surface area (Å²) in [5, 5.41) is 3.35. The summed E-state index contributed by atoms with van der Waals surface area (Å²) in [4.78, 5) is 13.1. The number of nitrogens with zero attached hydrogens (tertiary/aromatic N) is 1. The fourth-order valence-corrected chi connectivity index (χ4v) is 6.15. The number of ether oxygens (including phenoxy) is 1. The Bertz CT molecular complexity index is 1620. The Hall–Kier alpha value is -3.85. The van der Waals surface area contributed by atoms with Crippen molar-refractivity contribution >= 4 is 32.6 Å². The van der Waals surface area contributed by atoms with Crippen molar-refractivity contribution in [2.45, 2.75) is 45.1 Å². The number of nitrogens with one attached hydrogen (secondary N) is 1. The van der Waals surface area contributed by atoms with Gasteiger partial charge >= 0.3 is 0 Å². The van der Waals surface area contributed by atoms with E-state index >= 15 is 0 Å². The number of hydrogen-bond donors (Lipinski definition) is 1. The van der Waals surface area contributed by atoms with E-state index in [-0.39, 0.29) is 23.7 Å². The Morgan fingerprint density at radius 3 is 2.26 bits per heavy atom. The number of amides is 1. The molecule has 1 unspecified atom stereocenters. The summed E-state index contributed by atoms with van der Waals surface area (Å²) in [6.45, 7) is 3.84. The van der Waals surface area contributed by atoms with Crippen LogP contribution in [0.5, 0.6) is 11.5 Å². The molecular weight excluding hydrogens is 519 g/mol. The molecule has 1 saturated carbocycles. The van der Waals surface area contributed by atoms with Crippen LogP contribution >= 0.6 is 0 Å². The Labute approximate surface area is 227 Å². The maximum absolute atomic E-state index is 13.2. The van der Waals surface area contributed by atoms with E-state index in [1.54, 1.807) is 49.5 Å². The van der Waals surface area contributed by atoms with Gasteiger partial charge < -0.3 is 14.5 Å². The van der Waals surface area contributed by atoms with Gasteiger partial charge in [-0.2, -0.15) is 0 Å². The second-order valence-electron chi connectivity index (χ2n) is 9.96. The molecule has 204 valence electrons. The summed E-state index contributed by atoms with van der Waals surface area (Å²) in [6, 6.07) is 16.2. The molecular formula is C30H31FN2O5S. The van der Waals surface area contributed by atoms with E-state index in [1.807, 2.05) is 19.9 Å². The van der Waals surface area contributed by atoms with Gasteiger partial charge in [0, 0.05) is 30.1 Å². The van der Waals surface area contributed by atoms with E-state index in [2.05, 4.69) is 5.32 Å². The van der Waals surface area contributed by atoms with Gasteiger partial charge in [-0.15, -0.1) is 0 Å². The van der Waals surface area contributed by atoms with Crippen molar-refractivity contribution in [3.8, 4) is 22.8 Å². The quantitative estimate of drug-likeness (QED) is 0.247. The summed E-state index contributed by atoms with van der Waals surface area (Å²) < 4.78 is 52.6. The maximum Gasteiger partial charge on any atom is 0.255 e. The Morgan fingerprint density at radius 2 is 1.72 bits per heavy atom. The molecule has 0 saturated heterocycles. The van der Waals surface area contributed by atoms with Crippen LogP contribution in [0.3, 0.4) is 0 Å². The van der Waals surface area contributed by atoms with Crippen molar-refractivity contribution in [1.29, 1.82) is 0 Å². The summed E-state index contributed by atoms with van der Waals surface area (Å²) in [5.74, 6) is 1.00. The van der Waals surface area contributed by atoms with Crippen LogP contribution in [0.2, 0.25) is 0 Å². The lowest BCUT2D eigenvalue weighted by molar-refractivity contribution is 0.0964. The first kappa shape index (κ1) is 26.7. The van der Waals surface area contributed by atoms with E-state index < -0.39 is 10.0 Å². The average Bonchev–Trinajstić information content (AvgIpc) is 3.69. The van der Waals surface area contributed by atoms with Gasteiger partial charge in [-0.3, -0.25) is 9.10 Å². The number of halogens is 1. The van der Waals surface area contributed by atoms with E-state index in [0.29, 0.717) is 51.5 Å². The summed E-state index contributed by atoms with van der Waals surface area (Å²) in [7, 11) is -1.99. The zero-order valence-corrected chi connectivity index (χ0v) is 23.1. The number of carbonyl (C=O) groups is 1. The van der Waals surface area contributed by atoms with Crippen molar-refractivity contribution in [2.24, 2.45) is 0 Å². The highest BCUT2D eigenvalue weighted by Gasteiger charge is 2.34. The molecule has 1 aromatic heterocycles. The van der Waals surface area contributed by atoms with Crippen LogP contribution in [0.25, 0.3) is 22.3 Å². The number of sulfonamides is 1. The molecule has 1 heterocycles. The van der Waals surface area contributed by atoms with Gasteiger partial charge in [0.15, 0.2) is 0 Å².